The Morgan fingerprint density at radius 2 is 1.95 bits per heavy atom. The van der Waals surface area contributed by atoms with E-state index in [0.717, 1.165) is 16.6 Å². The number of aromatic nitrogens is 2. The minimum atomic E-state index is -1.68. The van der Waals surface area contributed by atoms with Crippen molar-refractivity contribution in [2.24, 2.45) is 0 Å². The maximum atomic E-state index is 12.6. The van der Waals surface area contributed by atoms with Crippen molar-refractivity contribution in [2.45, 2.75) is 6.54 Å². The lowest BCUT2D eigenvalue weighted by Crippen LogP contribution is -1.99. The van der Waals surface area contributed by atoms with Crippen LogP contribution in [-0.2, 0) is 6.54 Å². The molecular weight excluding hydrogens is 326 g/mol. The summed E-state index contributed by atoms with van der Waals surface area (Å²) < 4.78 is 27.6. The zero-order valence-electron chi connectivity index (χ0n) is 10.4. The van der Waals surface area contributed by atoms with Crippen LogP contribution in [0.5, 0.6) is 0 Å². The van der Waals surface area contributed by atoms with Crippen LogP contribution >= 0.6 is 15.9 Å². The Bertz CT molecular complexity index is 752. The lowest BCUT2D eigenvalue weighted by atomic mass is 10.1. The van der Waals surface area contributed by atoms with E-state index in [9.17, 15) is 8.78 Å². The molecule has 101 valence electrons. The van der Waals surface area contributed by atoms with Crippen LogP contribution in [0.4, 0.5) is 8.78 Å². The van der Waals surface area contributed by atoms with E-state index < -0.39 is 6.43 Å². The normalized spacial score (nSPS) is 11.4. The van der Waals surface area contributed by atoms with Gasteiger partial charge in [-0.1, -0.05) is 40.2 Å². The first kappa shape index (κ1) is 13.2. The zero-order chi connectivity index (χ0) is 14.1. The van der Waals surface area contributed by atoms with Crippen LogP contribution in [0.1, 0.15) is 11.1 Å². The molecule has 0 aliphatic carbocycles. The molecule has 0 spiro atoms. The van der Waals surface area contributed by atoms with E-state index in [4.69, 9.17) is 0 Å². The molecule has 20 heavy (non-hydrogen) atoms. The third-order valence-electron chi connectivity index (χ3n) is 3.12. The molecule has 0 saturated heterocycles. The van der Waals surface area contributed by atoms with Crippen molar-refractivity contribution >= 4 is 27.0 Å². The maximum absolute atomic E-state index is 12.6. The molecule has 0 amide bonds. The number of fused-ring (bicyclic) bond motifs is 1. The summed E-state index contributed by atoms with van der Waals surface area (Å²) in [6, 6.07) is 12.7. The molecule has 0 atom stereocenters. The molecule has 0 N–H and O–H groups in total. The Balaban J connectivity index is 1.93. The Morgan fingerprint density at radius 3 is 2.70 bits per heavy atom. The first-order valence-corrected chi connectivity index (χ1v) is 6.81. The van der Waals surface area contributed by atoms with Crippen LogP contribution < -0.4 is 0 Å². The average molecular weight is 336 g/mol. The Morgan fingerprint density at radius 1 is 1.15 bits per heavy atom. The van der Waals surface area contributed by atoms with E-state index in [2.05, 4.69) is 20.9 Å². The van der Waals surface area contributed by atoms with Crippen molar-refractivity contribution in [1.29, 1.82) is 0 Å². The van der Waals surface area contributed by atoms with Gasteiger partial charge in [0.25, 0.3) is 0 Å². The van der Waals surface area contributed by atoms with Gasteiger partial charge in [-0.2, -0.15) is 8.78 Å². The summed E-state index contributed by atoms with van der Waals surface area (Å²) in [5, 5.41) is 0. The summed E-state index contributed by atoms with van der Waals surface area (Å²) in [6.45, 7) is 0.591. The van der Waals surface area contributed by atoms with Crippen molar-refractivity contribution in [1.82, 2.24) is 9.55 Å². The summed E-state index contributed by atoms with van der Waals surface area (Å²) in [4.78, 5) is 4.31. The van der Waals surface area contributed by atoms with Crippen molar-refractivity contribution in [2.75, 3.05) is 0 Å². The molecule has 3 aromatic rings. The van der Waals surface area contributed by atoms with Crippen LogP contribution in [-0.4, -0.2) is 9.55 Å². The smallest absolute Gasteiger partial charge is 0.326 e. The molecule has 2 aromatic carbocycles. The number of imidazole rings is 1. The fourth-order valence-corrected chi connectivity index (χ4v) is 2.72. The Labute approximate surface area is 123 Å². The van der Waals surface area contributed by atoms with E-state index >= 15 is 0 Å². The summed E-state index contributed by atoms with van der Waals surface area (Å²) in [5.74, 6) is 0. The van der Waals surface area contributed by atoms with Crippen molar-refractivity contribution in [3.63, 3.8) is 0 Å². The number of hydrogen-bond acceptors (Lipinski definition) is 1. The largest absolute Gasteiger partial charge is 0.340 e. The van der Waals surface area contributed by atoms with E-state index in [0.29, 0.717) is 11.0 Å². The highest BCUT2D eigenvalue weighted by molar-refractivity contribution is 9.10. The van der Waals surface area contributed by atoms with Gasteiger partial charge in [-0.15, -0.1) is 0 Å². The highest BCUT2D eigenvalue weighted by atomic mass is 79.9. The van der Waals surface area contributed by atoms with Crippen LogP contribution in [0.25, 0.3) is 11.0 Å². The number of para-hydroxylation sites is 2. The number of benzene rings is 2. The van der Waals surface area contributed by atoms with Crippen molar-refractivity contribution < 1.29 is 8.78 Å². The van der Waals surface area contributed by atoms with Gasteiger partial charge in [-0.25, -0.2) is 4.98 Å². The van der Waals surface area contributed by atoms with Gasteiger partial charge >= 0.3 is 6.43 Å². The third kappa shape index (κ3) is 2.45. The number of halogens is 3. The first-order chi connectivity index (χ1) is 9.65. The fraction of sp³-hybridized carbons (Fsp3) is 0.0667. The highest BCUT2D eigenvalue weighted by Gasteiger charge is 2.14. The fourth-order valence-electron chi connectivity index (χ4n) is 2.14. The molecule has 0 bridgehead atoms. The van der Waals surface area contributed by atoms with Crippen molar-refractivity contribution in [3.05, 3.63) is 70.8 Å². The predicted octanol–water partition coefficient (Wildman–Crippen LogP) is 4.62. The second-order valence-electron chi connectivity index (χ2n) is 4.44. The minimum absolute atomic E-state index is 0.0655. The molecule has 5 heteroatoms. The van der Waals surface area contributed by atoms with Gasteiger partial charge in [0.05, 0.1) is 17.4 Å². The van der Waals surface area contributed by atoms with E-state index in [1.807, 2.05) is 28.8 Å². The predicted molar refractivity (Wildman–Crippen MR) is 77.5 cm³/mol. The molecule has 1 radical (unpaired) electrons. The van der Waals surface area contributed by atoms with Crippen LogP contribution in [0.2, 0.25) is 0 Å². The highest BCUT2D eigenvalue weighted by Crippen LogP contribution is 2.27. The van der Waals surface area contributed by atoms with Gasteiger partial charge in [0, 0.05) is 16.6 Å². The van der Waals surface area contributed by atoms with Gasteiger partial charge in [0.2, 0.25) is 0 Å². The van der Waals surface area contributed by atoms with Gasteiger partial charge in [0.1, 0.15) is 0 Å². The maximum Gasteiger partial charge on any atom is 0.340 e. The molecule has 1 heterocycles. The van der Waals surface area contributed by atoms with Crippen LogP contribution in [0, 0.1) is 6.43 Å². The van der Waals surface area contributed by atoms with Crippen LogP contribution in [0.15, 0.2) is 53.3 Å². The SMILES string of the molecule is F[C](F)c1ccc(Cn2cnc3ccccc32)cc1Br. The molecule has 0 unspecified atom stereocenters. The molecule has 0 aliphatic heterocycles. The molecule has 0 fully saturated rings. The average Bonchev–Trinajstić information content (AvgIpc) is 2.82. The summed E-state index contributed by atoms with van der Waals surface area (Å²) in [5.41, 5.74) is 2.82. The van der Waals surface area contributed by atoms with Gasteiger partial charge < -0.3 is 4.57 Å². The van der Waals surface area contributed by atoms with Crippen molar-refractivity contribution in [3.8, 4) is 0 Å². The second-order valence-corrected chi connectivity index (χ2v) is 5.29. The number of rotatable bonds is 3. The topological polar surface area (TPSA) is 17.8 Å². The lowest BCUT2D eigenvalue weighted by Gasteiger charge is -2.07. The molecule has 1 aromatic heterocycles. The summed E-state index contributed by atoms with van der Waals surface area (Å²) >= 11 is 3.18. The molecule has 0 saturated carbocycles. The van der Waals surface area contributed by atoms with Crippen LogP contribution in [0.3, 0.4) is 0 Å². The Hall–Kier alpha value is -1.75. The molecule has 0 aliphatic rings. The molecule has 2 nitrogen and oxygen atoms in total. The van der Waals surface area contributed by atoms with E-state index in [-0.39, 0.29) is 5.56 Å². The van der Waals surface area contributed by atoms with Gasteiger partial charge in [-0.3, -0.25) is 0 Å². The number of hydrogen-bond donors (Lipinski definition) is 0. The quantitative estimate of drug-likeness (QED) is 0.682. The summed E-state index contributed by atoms with van der Waals surface area (Å²) in [7, 11) is 0. The first-order valence-electron chi connectivity index (χ1n) is 6.02. The molecule has 3 rings (SSSR count). The minimum Gasteiger partial charge on any atom is -0.326 e. The van der Waals surface area contributed by atoms with Gasteiger partial charge in [-0.05, 0) is 23.8 Å². The zero-order valence-corrected chi connectivity index (χ0v) is 11.9. The third-order valence-corrected chi connectivity index (χ3v) is 3.77. The van der Waals surface area contributed by atoms with Gasteiger partial charge in [0.15, 0.2) is 0 Å². The van der Waals surface area contributed by atoms with E-state index in [1.54, 1.807) is 18.5 Å². The summed E-state index contributed by atoms with van der Waals surface area (Å²) in [6.07, 6.45) is 0.0745. The monoisotopic (exact) mass is 335 g/mol. The second kappa shape index (κ2) is 5.32. The number of nitrogens with zero attached hydrogens (tertiary/aromatic N) is 2. The standard InChI is InChI=1S/C15H10BrF2N2/c16-12-7-10(5-6-11(12)15(17)18)8-20-9-19-13-3-1-2-4-14(13)20/h1-7,9H,8H2. The van der Waals surface area contributed by atoms with E-state index in [1.165, 1.54) is 6.07 Å². The lowest BCUT2D eigenvalue weighted by molar-refractivity contribution is 0.324. The Kier molecular flexibility index (Phi) is 3.53. The molecular formula is C15H10BrF2N2.